The van der Waals surface area contributed by atoms with Crippen LogP contribution in [0.25, 0.3) is 0 Å². The summed E-state index contributed by atoms with van der Waals surface area (Å²) in [7, 11) is 0. The van der Waals surface area contributed by atoms with Crippen LogP contribution in [0.4, 0.5) is 0 Å². The van der Waals surface area contributed by atoms with Crippen molar-refractivity contribution in [1.82, 2.24) is 5.32 Å². The fraction of sp³-hybridized carbons (Fsp3) is 0.887. The van der Waals surface area contributed by atoms with E-state index in [2.05, 4.69) is 50.4 Å². The first-order valence-electron chi connectivity index (χ1n) is 26.1. The largest absolute Gasteiger partial charge is 0.462 e. The van der Waals surface area contributed by atoms with Gasteiger partial charge in [-0.15, -0.1) is 0 Å². The highest BCUT2D eigenvalue weighted by molar-refractivity contribution is 5.77. The van der Waals surface area contributed by atoms with Gasteiger partial charge in [0, 0.05) is 6.42 Å². The number of allylic oxidation sites excluding steroid dienone is 4. The lowest BCUT2D eigenvalue weighted by Gasteiger charge is -2.24. The molecule has 1 amide bonds. The quantitative estimate of drug-likeness (QED) is 0.0322. The van der Waals surface area contributed by atoms with Crippen LogP contribution in [-0.4, -0.2) is 46.9 Å². The third-order valence-electron chi connectivity index (χ3n) is 12.0. The van der Waals surface area contributed by atoms with E-state index in [-0.39, 0.29) is 24.9 Å². The number of hydrogen-bond donors (Lipinski definition) is 3. The monoisotopic (exact) mass is 832 g/mol. The van der Waals surface area contributed by atoms with E-state index in [4.69, 9.17) is 4.74 Å². The zero-order chi connectivity index (χ0) is 43.1. The van der Waals surface area contributed by atoms with E-state index >= 15 is 0 Å². The highest BCUT2D eigenvalue weighted by atomic mass is 16.5. The van der Waals surface area contributed by atoms with E-state index in [0.29, 0.717) is 19.3 Å². The predicted molar refractivity (Wildman–Crippen MR) is 255 cm³/mol. The van der Waals surface area contributed by atoms with E-state index < -0.39 is 18.2 Å². The molecule has 0 radical (unpaired) electrons. The first-order valence-corrected chi connectivity index (χ1v) is 26.1. The molecule has 59 heavy (non-hydrogen) atoms. The summed E-state index contributed by atoms with van der Waals surface area (Å²) in [5.41, 5.74) is 0. The standard InChI is InChI=1S/C53H101NO5/c1-4-7-10-13-16-19-22-24-26-27-28-30-32-35-38-41-44-49(59-53(58)46-43-40-37-34-31-29-25-23-20-17-14-11-8-5-2)47-52(57)54-50(48-55)51(56)45-42-39-36-33-21-18-15-12-9-6-3/h28-31,49-51,55-56H,4-27,32-48H2,1-3H3,(H,54,57)/b30-28+,31-29-. The fourth-order valence-electron chi connectivity index (χ4n) is 8.01. The van der Waals surface area contributed by atoms with Crippen molar-refractivity contribution < 1.29 is 24.5 Å². The highest BCUT2D eigenvalue weighted by Gasteiger charge is 2.24. The number of aliphatic hydroxyl groups is 2. The number of ether oxygens (including phenoxy) is 1. The third kappa shape index (κ3) is 42.8. The number of rotatable bonds is 47. The Morgan fingerprint density at radius 3 is 1.22 bits per heavy atom. The molecule has 0 heterocycles. The molecule has 0 aromatic heterocycles. The maximum atomic E-state index is 13.2. The number of nitrogens with one attached hydrogen (secondary N) is 1. The van der Waals surface area contributed by atoms with E-state index in [1.54, 1.807) is 0 Å². The van der Waals surface area contributed by atoms with Gasteiger partial charge in [0.25, 0.3) is 0 Å². The minimum atomic E-state index is -0.789. The minimum absolute atomic E-state index is 0.0649. The average molecular weight is 832 g/mol. The highest BCUT2D eigenvalue weighted by Crippen LogP contribution is 2.17. The molecule has 0 rings (SSSR count). The van der Waals surface area contributed by atoms with Crippen LogP contribution < -0.4 is 5.32 Å². The van der Waals surface area contributed by atoms with Crippen molar-refractivity contribution in [2.24, 2.45) is 0 Å². The Morgan fingerprint density at radius 2 is 0.814 bits per heavy atom. The number of unbranched alkanes of at least 4 members (excludes halogenated alkanes) is 31. The van der Waals surface area contributed by atoms with Crippen molar-refractivity contribution in [3.8, 4) is 0 Å². The Hall–Kier alpha value is -1.66. The van der Waals surface area contributed by atoms with Gasteiger partial charge in [-0.05, 0) is 77.0 Å². The Balaban J connectivity index is 4.61. The smallest absolute Gasteiger partial charge is 0.306 e. The van der Waals surface area contributed by atoms with Crippen LogP contribution in [0.5, 0.6) is 0 Å². The normalized spacial score (nSPS) is 13.4. The van der Waals surface area contributed by atoms with Crippen LogP contribution in [0.1, 0.15) is 278 Å². The molecule has 0 spiro atoms. The van der Waals surface area contributed by atoms with E-state index in [9.17, 15) is 19.8 Å². The zero-order valence-electron chi connectivity index (χ0n) is 39.7. The summed E-state index contributed by atoms with van der Waals surface area (Å²) in [6.07, 6.45) is 53.8. The van der Waals surface area contributed by atoms with Gasteiger partial charge in [-0.3, -0.25) is 9.59 Å². The molecule has 0 aliphatic heterocycles. The summed E-state index contributed by atoms with van der Waals surface area (Å²) < 4.78 is 5.92. The van der Waals surface area contributed by atoms with E-state index in [1.807, 2.05) is 0 Å². The van der Waals surface area contributed by atoms with Crippen molar-refractivity contribution in [2.45, 2.75) is 296 Å². The van der Waals surface area contributed by atoms with Gasteiger partial charge < -0.3 is 20.3 Å². The number of amides is 1. The van der Waals surface area contributed by atoms with Crippen LogP contribution in [0.3, 0.4) is 0 Å². The van der Waals surface area contributed by atoms with Gasteiger partial charge in [0.15, 0.2) is 0 Å². The van der Waals surface area contributed by atoms with Crippen LogP contribution in [-0.2, 0) is 14.3 Å². The maximum Gasteiger partial charge on any atom is 0.306 e. The molecular formula is C53H101NO5. The fourth-order valence-corrected chi connectivity index (χ4v) is 8.01. The molecule has 0 saturated carbocycles. The number of carbonyl (C=O) groups excluding carboxylic acids is 2. The number of carbonyl (C=O) groups is 2. The van der Waals surface area contributed by atoms with Gasteiger partial charge in [-0.25, -0.2) is 0 Å². The second-order valence-electron chi connectivity index (χ2n) is 17.9. The molecule has 0 bridgehead atoms. The zero-order valence-corrected chi connectivity index (χ0v) is 39.7. The molecule has 0 saturated heterocycles. The Labute approximate surface area is 367 Å². The molecule has 6 heteroatoms. The summed E-state index contributed by atoms with van der Waals surface area (Å²) in [4.78, 5) is 26.1. The lowest BCUT2D eigenvalue weighted by molar-refractivity contribution is -0.151. The Morgan fingerprint density at radius 1 is 0.475 bits per heavy atom. The summed E-state index contributed by atoms with van der Waals surface area (Å²) in [5.74, 6) is -0.497. The molecule has 0 aromatic rings. The first kappa shape index (κ1) is 57.3. The summed E-state index contributed by atoms with van der Waals surface area (Å²) in [5, 5.41) is 23.7. The van der Waals surface area contributed by atoms with Gasteiger partial charge in [-0.2, -0.15) is 0 Å². The molecule has 0 aromatic carbocycles. The van der Waals surface area contributed by atoms with Gasteiger partial charge in [0.05, 0.1) is 25.2 Å². The van der Waals surface area contributed by atoms with Crippen molar-refractivity contribution in [3.63, 3.8) is 0 Å². The summed E-state index contributed by atoms with van der Waals surface area (Å²) in [6.45, 7) is 6.47. The molecule has 6 nitrogen and oxygen atoms in total. The summed E-state index contributed by atoms with van der Waals surface area (Å²) >= 11 is 0. The Kier molecular flexibility index (Phi) is 46.1. The molecule has 3 N–H and O–H groups in total. The van der Waals surface area contributed by atoms with Gasteiger partial charge in [-0.1, -0.05) is 212 Å². The number of esters is 1. The third-order valence-corrected chi connectivity index (χ3v) is 12.0. The molecule has 348 valence electrons. The van der Waals surface area contributed by atoms with Gasteiger partial charge in [0.1, 0.15) is 6.10 Å². The second kappa shape index (κ2) is 47.4. The molecule has 0 fully saturated rings. The van der Waals surface area contributed by atoms with Crippen molar-refractivity contribution in [1.29, 1.82) is 0 Å². The predicted octanol–water partition coefficient (Wildman–Crippen LogP) is 15.5. The molecule has 3 atom stereocenters. The first-order chi connectivity index (χ1) is 29.0. The average Bonchev–Trinajstić information content (AvgIpc) is 3.23. The minimum Gasteiger partial charge on any atom is -0.462 e. The van der Waals surface area contributed by atoms with E-state index in [1.165, 1.54) is 161 Å². The van der Waals surface area contributed by atoms with Crippen LogP contribution in [0.2, 0.25) is 0 Å². The van der Waals surface area contributed by atoms with Crippen LogP contribution in [0, 0.1) is 0 Å². The molecule has 0 aliphatic rings. The van der Waals surface area contributed by atoms with Crippen LogP contribution >= 0.6 is 0 Å². The van der Waals surface area contributed by atoms with Crippen molar-refractivity contribution >= 4 is 11.9 Å². The second-order valence-corrected chi connectivity index (χ2v) is 17.9. The van der Waals surface area contributed by atoms with Gasteiger partial charge >= 0.3 is 5.97 Å². The number of aliphatic hydroxyl groups excluding tert-OH is 2. The van der Waals surface area contributed by atoms with E-state index in [0.717, 1.165) is 70.6 Å². The molecule has 3 unspecified atom stereocenters. The summed E-state index contributed by atoms with van der Waals surface area (Å²) in [6, 6.07) is -0.704. The lowest BCUT2D eigenvalue weighted by atomic mass is 10.0. The van der Waals surface area contributed by atoms with Crippen LogP contribution in [0.15, 0.2) is 24.3 Å². The molecule has 0 aliphatic carbocycles. The van der Waals surface area contributed by atoms with Crippen molar-refractivity contribution in [3.05, 3.63) is 24.3 Å². The maximum absolute atomic E-state index is 13.2. The number of hydrogen-bond acceptors (Lipinski definition) is 5. The van der Waals surface area contributed by atoms with Crippen molar-refractivity contribution in [2.75, 3.05) is 6.61 Å². The lowest BCUT2D eigenvalue weighted by Crippen LogP contribution is -2.46. The topological polar surface area (TPSA) is 95.9 Å². The molecular weight excluding hydrogens is 731 g/mol. The SMILES string of the molecule is CCCCCCCCC/C=C\CCCCCC(=O)OC(CCCCC/C=C/CCCCCCCCCCC)CC(=O)NC(CO)C(O)CCCCCCCCCCCC. The Bertz CT molecular complexity index is 935. The van der Waals surface area contributed by atoms with Gasteiger partial charge in [0.2, 0.25) is 5.91 Å².